The Morgan fingerprint density at radius 3 is 2.95 bits per heavy atom. The van der Waals surface area contributed by atoms with E-state index in [1.807, 2.05) is 6.92 Å². The van der Waals surface area contributed by atoms with Crippen molar-refractivity contribution in [3.05, 3.63) is 30.1 Å². The van der Waals surface area contributed by atoms with Gasteiger partial charge in [0, 0.05) is 12.8 Å². The molecule has 2 heterocycles. The molecule has 0 fully saturated rings. The molecule has 7 heteroatoms. The van der Waals surface area contributed by atoms with Gasteiger partial charge in [-0.3, -0.25) is 4.98 Å². The zero-order valence-corrected chi connectivity index (χ0v) is 10.8. The van der Waals surface area contributed by atoms with Crippen LogP contribution in [0.3, 0.4) is 0 Å². The standard InChI is InChI=1S/C12H15FN4O2/c1-3-18-7-12(2,14)11-16-10(19-17-11)8-4-9(13)6-15-5-8/h4-6H,3,7,14H2,1-2H3. The Balaban J connectivity index is 2.23. The second-order valence-electron chi connectivity index (χ2n) is 4.37. The molecule has 2 aromatic heterocycles. The van der Waals surface area contributed by atoms with Crippen molar-refractivity contribution in [2.24, 2.45) is 5.73 Å². The third-order valence-corrected chi connectivity index (χ3v) is 2.49. The molecule has 0 spiro atoms. The van der Waals surface area contributed by atoms with Gasteiger partial charge in [0.25, 0.3) is 5.89 Å². The highest BCUT2D eigenvalue weighted by Crippen LogP contribution is 2.21. The molecule has 102 valence electrons. The molecule has 19 heavy (non-hydrogen) atoms. The molecular weight excluding hydrogens is 251 g/mol. The molecule has 0 aliphatic heterocycles. The first-order chi connectivity index (χ1) is 9.03. The lowest BCUT2D eigenvalue weighted by Crippen LogP contribution is -2.39. The van der Waals surface area contributed by atoms with E-state index in [1.165, 1.54) is 12.3 Å². The summed E-state index contributed by atoms with van der Waals surface area (Å²) in [5, 5.41) is 3.81. The average Bonchev–Trinajstić information content (AvgIpc) is 2.87. The quantitative estimate of drug-likeness (QED) is 0.882. The van der Waals surface area contributed by atoms with Crippen LogP contribution in [-0.4, -0.2) is 28.3 Å². The normalized spacial score (nSPS) is 14.3. The van der Waals surface area contributed by atoms with Gasteiger partial charge < -0.3 is 15.0 Å². The molecule has 6 nitrogen and oxygen atoms in total. The summed E-state index contributed by atoms with van der Waals surface area (Å²) >= 11 is 0. The third kappa shape index (κ3) is 3.12. The van der Waals surface area contributed by atoms with Crippen LogP contribution in [0.25, 0.3) is 11.5 Å². The van der Waals surface area contributed by atoms with Crippen molar-refractivity contribution >= 4 is 0 Å². The molecule has 0 aromatic carbocycles. The van der Waals surface area contributed by atoms with Crippen molar-refractivity contribution in [1.82, 2.24) is 15.1 Å². The van der Waals surface area contributed by atoms with E-state index in [-0.39, 0.29) is 12.5 Å². The zero-order valence-electron chi connectivity index (χ0n) is 10.8. The summed E-state index contributed by atoms with van der Waals surface area (Å²) in [6.45, 7) is 4.42. The van der Waals surface area contributed by atoms with E-state index in [0.29, 0.717) is 18.0 Å². The van der Waals surface area contributed by atoms with Crippen molar-refractivity contribution in [3.63, 3.8) is 0 Å². The largest absolute Gasteiger partial charge is 0.379 e. The van der Waals surface area contributed by atoms with Gasteiger partial charge in [-0.2, -0.15) is 4.98 Å². The number of halogens is 1. The van der Waals surface area contributed by atoms with E-state index in [9.17, 15) is 4.39 Å². The second-order valence-corrected chi connectivity index (χ2v) is 4.37. The molecule has 0 radical (unpaired) electrons. The zero-order chi connectivity index (χ0) is 13.9. The van der Waals surface area contributed by atoms with Crippen molar-refractivity contribution < 1.29 is 13.7 Å². The maximum atomic E-state index is 13.1. The van der Waals surface area contributed by atoms with Crippen molar-refractivity contribution in [3.8, 4) is 11.5 Å². The van der Waals surface area contributed by atoms with E-state index in [4.69, 9.17) is 15.0 Å². The fourth-order valence-electron chi connectivity index (χ4n) is 1.48. The molecule has 2 aromatic rings. The number of nitrogens with zero attached hydrogens (tertiary/aromatic N) is 3. The van der Waals surface area contributed by atoms with Crippen LogP contribution in [-0.2, 0) is 10.3 Å². The van der Waals surface area contributed by atoms with Gasteiger partial charge in [-0.05, 0) is 19.9 Å². The molecule has 1 unspecified atom stereocenters. The molecule has 2 rings (SSSR count). The summed E-state index contributed by atoms with van der Waals surface area (Å²) in [7, 11) is 0. The predicted molar refractivity (Wildman–Crippen MR) is 65.5 cm³/mol. The lowest BCUT2D eigenvalue weighted by molar-refractivity contribution is 0.0962. The fraction of sp³-hybridized carbons (Fsp3) is 0.417. The number of ether oxygens (including phenoxy) is 1. The van der Waals surface area contributed by atoms with Gasteiger partial charge in [-0.25, -0.2) is 4.39 Å². The number of nitrogens with two attached hydrogens (primary N) is 1. The lowest BCUT2D eigenvalue weighted by Gasteiger charge is -2.19. The van der Waals surface area contributed by atoms with Crippen LogP contribution in [0.4, 0.5) is 4.39 Å². The number of aromatic nitrogens is 3. The van der Waals surface area contributed by atoms with Crippen LogP contribution in [0.15, 0.2) is 23.0 Å². The Labute approximate surface area is 109 Å². The number of rotatable bonds is 5. The molecule has 0 saturated heterocycles. The molecule has 1 atom stereocenters. The minimum atomic E-state index is -0.863. The van der Waals surface area contributed by atoms with Gasteiger partial charge in [-0.15, -0.1) is 0 Å². The Morgan fingerprint density at radius 2 is 2.26 bits per heavy atom. The van der Waals surface area contributed by atoms with Crippen LogP contribution in [0, 0.1) is 5.82 Å². The highest BCUT2D eigenvalue weighted by Gasteiger charge is 2.28. The SMILES string of the molecule is CCOCC(C)(N)c1noc(-c2cncc(F)c2)n1. The fourth-order valence-corrected chi connectivity index (χ4v) is 1.48. The smallest absolute Gasteiger partial charge is 0.259 e. The molecule has 0 amide bonds. The number of pyridine rings is 1. The highest BCUT2D eigenvalue weighted by atomic mass is 19.1. The van der Waals surface area contributed by atoms with E-state index >= 15 is 0 Å². The first-order valence-corrected chi connectivity index (χ1v) is 5.84. The first kappa shape index (κ1) is 13.6. The first-order valence-electron chi connectivity index (χ1n) is 5.84. The van der Waals surface area contributed by atoms with E-state index < -0.39 is 11.4 Å². The Morgan fingerprint density at radius 1 is 1.47 bits per heavy atom. The average molecular weight is 266 g/mol. The molecule has 0 aliphatic carbocycles. The lowest BCUT2D eigenvalue weighted by atomic mass is 10.1. The van der Waals surface area contributed by atoms with Crippen molar-refractivity contribution in [2.45, 2.75) is 19.4 Å². The van der Waals surface area contributed by atoms with Gasteiger partial charge in [0.2, 0.25) is 0 Å². The summed E-state index contributed by atoms with van der Waals surface area (Å²) in [6.07, 6.45) is 2.54. The Hall–Kier alpha value is -1.86. The minimum absolute atomic E-state index is 0.176. The van der Waals surface area contributed by atoms with Crippen LogP contribution < -0.4 is 5.73 Å². The molecule has 2 N–H and O–H groups in total. The Bertz CT molecular complexity index is 556. The summed E-state index contributed by atoms with van der Waals surface area (Å²) < 4.78 is 23.4. The van der Waals surface area contributed by atoms with Crippen LogP contribution in [0.2, 0.25) is 0 Å². The molecule has 0 aliphatic rings. The maximum absolute atomic E-state index is 13.1. The third-order valence-electron chi connectivity index (χ3n) is 2.49. The van der Waals surface area contributed by atoms with Crippen LogP contribution >= 0.6 is 0 Å². The monoisotopic (exact) mass is 266 g/mol. The van der Waals surface area contributed by atoms with E-state index in [1.54, 1.807) is 6.92 Å². The topological polar surface area (TPSA) is 87.1 Å². The van der Waals surface area contributed by atoms with Gasteiger partial charge in [0.05, 0.1) is 18.4 Å². The summed E-state index contributed by atoms with van der Waals surface area (Å²) in [5.41, 5.74) is 5.59. The highest BCUT2D eigenvalue weighted by molar-refractivity contribution is 5.50. The van der Waals surface area contributed by atoms with E-state index in [2.05, 4.69) is 15.1 Å². The summed E-state index contributed by atoms with van der Waals surface area (Å²) in [4.78, 5) is 7.88. The maximum Gasteiger partial charge on any atom is 0.259 e. The van der Waals surface area contributed by atoms with Crippen molar-refractivity contribution in [1.29, 1.82) is 0 Å². The summed E-state index contributed by atoms with van der Waals surface area (Å²) in [6, 6.07) is 1.26. The van der Waals surface area contributed by atoms with Gasteiger partial charge in [0.1, 0.15) is 11.4 Å². The summed E-state index contributed by atoms with van der Waals surface area (Å²) in [5.74, 6) is 0.0115. The Kier molecular flexibility index (Phi) is 3.87. The minimum Gasteiger partial charge on any atom is -0.379 e. The molecule has 0 saturated carbocycles. The molecule has 0 bridgehead atoms. The van der Waals surface area contributed by atoms with Crippen LogP contribution in [0.1, 0.15) is 19.7 Å². The van der Waals surface area contributed by atoms with Gasteiger partial charge >= 0.3 is 0 Å². The van der Waals surface area contributed by atoms with Crippen molar-refractivity contribution in [2.75, 3.05) is 13.2 Å². The second kappa shape index (κ2) is 5.41. The van der Waals surface area contributed by atoms with Gasteiger partial charge in [0.15, 0.2) is 5.82 Å². The number of hydrogen-bond donors (Lipinski definition) is 1. The number of hydrogen-bond acceptors (Lipinski definition) is 6. The molecular formula is C12H15FN4O2. The van der Waals surface area contributed by atoms with Crippen LogP contribution in [0.5, 0.6) is 0 Å². The predicted octanol–water partition coefficient (Wildman–Crippen LogP) is 1.48. The van der Waals surface area contributed by atoms with Gasteiger partial charge in [-0.1, -0.05) is 5.16 Å². The van der Waals surface area contributed by atoms with E-state index in [0.717, 1.165) is 6.20 Å².